The average Bonchev–Trinajstić information content (AvgIpc) is 3.03. The van der Waals surface area contributed by atoms with E-state index in [9.17, 15) is 14.4 Å². The van der Waals surface area contributed by atoms with Crippen LogP contribution in [0, 0.1) is 0 Å². The number of hydrogen-bond donors (Lipinski definition) is 3. The summed E-state index contributed by atoms with van der Waals surface area (Å²) in [6, 6.07) is 14.7. The smallest absolute Gasteiger partial charge is 0.337 e. The van der Waals surface area contributed by atoms with Gasteiger partial charge in [-0.15, -0.1) is 0 Å². The van der Waals surface area contributed by atoms with Crippen LogP contribution in [0.5, 0.6) is 0 Å². The van der Waals surface area contributed by atoms with Crippen molar-refractivity contribution in [2.24, 2.45) is 0 Å². The standard InChI is InChI=1S/C16H12BrN4O3P/c17-10-5-1-2-6-11(10)19-15-14-9-18-16(25(22,23)24)21(14)13-8-4-3-7-12(13)20-15/h1-9H,(H,19,20)(H2,22,23,24). The number of fused-ring (bicyclic) bond motifs is 3. The van der Waals surface area contributed by atoms with Crippen molar-refractivity contribution in [2.75, 3.05) is 5.32 Å². The summed E-state index contributed by atoms with van der Waals surface area (Å²) in [5, 5.41) is 3.20. The lowest BCUT2D eigenvalue weighted by Crippen LogP contribution is -2.15. The number of hydrogen-bond acceptors (Lipinski definition) is 4. The van der Waals surface area contributed by atoms with E-state index in [1.165, 1.54) is 10.6 Å². The van der Waals surface area contributed by atoms with Gasteiger partial charge in [-0.2, -0.15) is 0 Å². The topological polar surface area (TPSA) is 99.8 Å². The Bertz CT molecular complexity index is 1150. The number of rotatable bonds is 3. The number of aromatic nitrogens is 3. The fourth-order valence-electron chi connectivity index (χ4n) is 2.66. The van der Waals surface area contributed by atoms with E-state index in [1.807, 2.05) is 30.3 Å². The molecule has 25 heavy (non-hydrogen) atoms. The van der Waals surface area contributed by atoms with Gasteiger partial charge in [-0.05, 0) is 40.2 Å². The highest BCUT2D eigenvalue weighted by atomic mass is 79.9. The number of nitrogens with one attached hydrogen (secondary N) is 1. The van der Waals surface area contributed by atoms with Crippen molar-refractivity contribution in [1.29, 1.82) is 0 Å². The lowest BCUT2D eigenvalue weighted by molar-refractivity contribution is 0.385. The van der Waals surface area contributed by atoms with Crippen LogP contribution in [-0.2, 0) is 4.57 Å². The van der Waals surface area contributed by atoms with Crippen molar-refractivity contribution in [3.63, 3.8) is 0 Å². The number of halogens is 1. The molecule has 3 N–H and O–H groups in total. The fraction of sp³-hybridized carbons (Fsp3) is 0. The molecule has 126 valence electrons. The molecule has 2 heterocycles. The highest BCUT2D eigenvalue weighted by molar-refractivity contribution is 9.10. The number of imidazole rings is 1. The third-order valence-corrected chi connectivity index (χ3v) is 5.26. The Balaban J connectivity index is 2.03. The summed E-state index contributed by atoms with van der Waals surface area (Å²) < 4.78 is 14.1. The average molecular weight is 419 g/mol. The van der Waals surface area contributed by atoms with Crippen molar-refractivity contribution in [3.8, 4) is 0 Å². The van der Waals surface area contributed by atoms with Gasteiger partial charge in [0.2, 0.25) is 5.57 Å². The lowest BCUT2D eigenvalue weighted by Gasteiger charge is -2.12. The van der Waals surface area contributed by atoms with Crippen molar-refractivity contribution in [3.05, 3.63) is 59.2 Å². The Morgan fingerprint density at radius 2 is 1.76 bits per heavy atom. The third-order valence-electron chi connectivity index (χ3n) is 3.73. The highest BCUT2D eigenvalue weighted by Crippen LogP contribution is 2.35. The van der Waals surface area contributed by atoms with Crippen LogP contribution in [0.1, 0.15) is 0 Å². The quantitative estimate of drug-likeness (QED) is 0.441. The molecule has 9 heteroatoms. The first-order valence-electron chi connectivity index (χ1n) is 7.29. The Labute approximate surface area is 150 Å². The number of anilines is 2. The predicted molar refractivity (Wildman–Crippen MR) is 99.6 cm³/mol. The summed E-state index contributed by atoms with van der Waals surface area (Å²) >= 11 is 3.47. The Morgan fingerprint density at radius 3 is 2.52 bits per heavy atom. The van der Waals surface area contributed by atoms with Gasteiger partial charge in [0.1, 0.15) is 5.52 Å². The molecule has 2 aromatic heterocycles. The SMILES string of the molecule is O=P(O)(O)c1ncc2c(Nc3ccccc3Br)nc3ccccc3n12. The Hall–Kier alpha value is -2.25. The summed E-state index contributed by atoms with van der Waals surface area (Å²) in [5.74, 6) is 0.456. The first kappa shape index (κ1) is 16.2. The third kappa shape index (κ3) is 2.83. The molecule has 0 saturated heterocycles. The maximum absolute atomic E-state index is 11.8. The van der Waals surface area contributed by atoms with E-state index < -0.39 is 7.60 Å². The van der Waals surface area contributed by atoms with E-state index in [2.05, 4.69) is 31.2 Å². The largest absolute Gasteiger partial charge is 0.391 e. The first-order chi connectivity index (χ1) is 11.9. The van der Waals surface area contributed by atoms with Gasteiger partial charge >= 0.3 is 7.60 Å². The van der Waals surface area contributed by atoms with E-state index in [1.54, 1.807) is 18.2 Å². The van der Waals surface area contributed by atoms with Crippen molar-refractivity contribution < 1.29 is 14.4 Å². The molecule has 0 amide bonds. The van der Waals surface area contributed by atoms with Gasteiger partial charge in [-0.1, -0.05) is 24.3 Å². The minimum atomic E-state index is -4.54. The van der Waals surface area contributed by atoms with Gasteiger partial charge in [0, 0.05) is 4.47 Å². The van der Waals surface area contributed by atoms with Gasteiger partial charge < -0.3 is 15.1 Å². The Kier molecular flexibility index (Phi) is 3.85. The van der Waals surface area contributed by atoms with Crippen LogP contribution in [0.2, 0.25) is 0 Å². The summed E-state index contributed by atoms with van der Waals surface area (Å²) in [5.41, 5.74) is 2.12. The van der Waals surface area contributed by atoms with E-state index in [4.69, 9.17) is 0 Å². The summed E-state index contributed by atoms with van der Waals surface area (Å²) in [6.07, 6.45) is 1.41. The molecule has 0 spiro atoms. The zero-order valence-corrected chi connectivity index (χ0v) is 15.1. The number of nitrogens with zero attached hydrogens (tertiary/aromatic N) is 3. The molecule has 0 aliphatic carbocycles. The minimum absolute atomic E-state index is 0.309. The minimum Gasteiger partial charge on any atom is -0.337 e. The van der Waals surface area contributed by atoms with Crippen LogP contribution in [-0.4, -0.2) is 24.2 Å². The van der Waals surface area contributed by atoms with Gasteiger partial charge in [0.05, 0.1) is 22.9 Å². The zero-order chi connectivity index (χ0) is 17.6. The van der Waals surface area contributed by atoms with Gasteiger partial charge in [0.25, 0.3) is 0 Å². The van der Waals surface area contributed by atoms with Crippen molar-refractivity contribution in [2.45, 2.75) is 0 Å². The molecular formula is C16H12BrN4O3P. The van der Waals surface area contributed by atoms with Crippen LogP contribution in [0.4, 0.5) is 11.5 Å². The van der Waals surface area contributed by atoms with Gasteiger partial charge in [-0.3, -0.25) is 8.97 Å². The van der Waals surface area contributed by atoms with E-state index in [-0.39, 0.29) is 5.57 Å². The summed E-state index contributed by atoms with van der Waals surface area (Å²) in [4.78, 5) is 27.8. The first-order valence-corrected chi connectivity index (χ1v) is 9.69. The summed E-state index contributed by atoms with van der Waals surface area (Å²) in [7, 11) is -4.54. The molecule has 4 rings (SSSR count). The van der Waals surface area contributed by atoms with Crippen LogP contribution in [0.15, 0.2) is 59.2 Å². The molecular weight excluding hydrogens is 407 g/mol. The molecule has 0 aliphatic rings. The van der Waals surface area contributed by atoms with Crippen molar-refractivity contribution >= 4 is 57.1 Å². The number of benzene rings is 2. The van der Waals surface area contributed by atoms with E-state index in [0.717, 1.165) is 10.2 Å². The monoisotopic (exact) mass is 418 g/mol. The van der Waals surface area contributed by atoms with Crippen LogP contribution >= 0.6 is 23.5 Å². The molecule has 0 saturated carbocycles. The fourth-order valence-corrected chi connectivity index (χ4v) is 3.73. The van der Waals surface area contributed by atoms with Gasteiger partial charge in [-0.25, -0.2) is 9.97 Å². The molecule has 2 aromatic carbocycles. The lowest BCUT2D eigenvalue weighted by atomic mass is 10.3. The van der Waals surface area contributed by atoms with Crippen LogP contribution in [0.3, 0.4) is 0 Å². The summed E-state index contributed by atoms with van der Waals surface area (Å²) in [6.45, 7) is 0. The Morgan fingerprint density at radius 1 is 1.04 bits per heavy atom. The maximum Gasteiger partial charge on any atom is 0.391 e. The second kappa shape index (κ2) is 5.93. The van der Waals surface area contributed by atoms with E-state index in [0.29, 0.717) is 22.4 Å². The molecule has 0 aliphatic heterocycles. The predicted octanol–water partition coefficient (Wildman–Crippen LogP) is 3.19. The molecule has 7 nitrogen and oxygen atoms in total. The molecule has 4 aromatic rings. The molecule has 0 fully saturated rings. The number of para-hydroxylation sites is 3. The zero-order valence-electron chi connectivity index (χ0n) is 12.7. The van der Waals surface area contributed by atoms with Gasteiger partial charge in [0.15, 0.2) is 5.82 Å². The van der Waals surface area contributed by atoms with Crippen LogP contribution < -0.4 is 10.9 Å². The van der Waals surface area contributed by atoms with Crippen molar-refractivity contribution in [1.82, 2.24) is 14.4 Å². The second-order valence-electron chi connectivity index (χ2n) is 5.38. The normalized spacial score (nSPS) is 12.0. The molecule has 0 bridgehead atoms. The van der Waals surface area contributed by atoms with E-state index >= 15 is 0 Å². The molecule has 0 atom stereocenters. The second-order valence-corrected chi connectivity index (χ2v) is 7.72. The molecule has 0 radical (unpaired) electrons. The van der Waals surface area contributed by atoms with Crippen LogP contribution in [0.25, 0.3) is 16.6 Å². The maximum atomic E-state index is 11.8. The molecule has 0 unspecified atom stereocenters. The highest BCUT2D eigenvalue weighted by Gasteiger charge is 2.26.